The van der Waals surface area contributed by atoms with Crippen molar-refractivity contribution in [1.29, 1.82) is 0 Å². The Bertz CT molecular complexity index is 503. The summed E-state index contributed by atoms with van der Waals surface area (Å²) in [6.45, 7) is 7.81. The van der Waals surface area contributed by atoms with E-state index in [9.17, 15) is 0 Å². The number of ether oxygens (including phenoxy) is 1. The van der Waals surface area contributed by atoms with Gasteiger partial charge in [0, 0.05) is 23.1 Å². The Kier molecular flexibility index (Phi) is 3.56. The normalized spacial score (nSPS) is 22.5. The van der Waals surface area contributed by atoms with Crippen LogP contribution in [-0.4, -0.2) is 19.2 Å². The van der Waals surface area contributed by atoms with Gasteiger partial charge in [-0.3, -0.25) is 0 Å². The highest BCUT2D eigenvalue weighted by Crippen LogP contribution is 2.65. The van der Waals surface area contributed by atoms with E-state index in [0.717, 1.165) is 12.3 Å². The van der Waals surface area contributed by atoms with Crippen molar-refractivity contribution in [3.05, 3.63) is 29.8 Å². The molecule has 1 N–H and O–H groups in total. The van der Waals surface area contributed by atoms with E-state index < -0.39 is 0 Å². The summed E-state index contributed by atoms with van der Waals surface area (Å²) in [5.74, 6) is 1.06. The van der Waals surface area contributed by atoms with Crippen molar-refractivity contribution in [2.45, 2.75) is 63.8 Å². The number of hydrogen-bond acceptors (Lipinski definition) is 2. The van der Waals surface area contributed by atoms with Crippen molar-refractivity contribution in [3.8, 4) is 5.75 Å². The van der Waals surface area contributed by atoms with Gasteiger partial charge in [0.2, 0.25) is 0 Å². The van der Waals surface area contributed by atoms with Crippen LogP contribution in [0.1, 0.15) is 58.4 Å². The number of para-hydroxylation sites is 1. The van der Waals surface area contributed by atoms with E-state index in [2.05, 4.69) is 50.4 Å². The van der Waals surface area contributed by atoms with Gasteiger partial charge in [-0.15, -0.1) is 0 Å². The first-order chi connectivity index (χ1) is 9.88. The number of nitrogens with one attached hydrogen (secondary N) is 1. The van der Waals surface area contributed by atoms with Crippen molar-refractivity contribution in [1.82, 2.24) is 5.32 Å². The van der Waals surface area contributed by atoms with Crippen LogP contribution in [-0.2, 0) is 5.41 Å². The first kappa shape index (κ1) is 14.9. The number of benzene rings is 1. The second kappa shape index (κ2) is 5.01. The van der Waals surface area contributed by atoms with E-state index in [-0.39, 0.29) is 11.0 Å². The molecule has 2 fully saturated rings. The van der Waals surface area contributed by atoms with Gasteiger partial charge in [-0.25, -0.2) is 0 Å². The summed E-state index contributed by atoms with van der Waals surface area (Å²) in [6, 6.07) is 8.61. The Hall–Kier alpha value is -1.02. The third kappa shape index (κ3) is 2.70. The van der Waals surface area contributed by atoms with Gasteiger partial charge >= 0.3 is 0 Å². The zero-order valence-corrected chi connectivity index (χ0v) is 14.0. The first-order valence-corrected chi connectivity index (χ1v) is 8.27. The largest absolute Gasteiger partial charge is 0.496 e. The lowest BCUT2D eigenvalue weighted by Gasteiger charge is -2.62. The molecule has 0 aromatic heterocycles. The molecular formula is C19H29NO. The SMILES string of the molecule is COc1ccccc1C1(CNC(C)(C)C)CC2(CCC2)C1. The molecule has 2 aliphatic rings. The van der Waals surface area contributed by atoms with E-state index in [4.69, 9.17) is 4.74 Å². The van der Waals surface area contributed by atoms with Gasteiger partial charge in [-0.2, -0.15) is 0 Å². The molecule has 3 rings (SSSR count). The summed E-state index contributed by atoms with van der Waals surface area (Å²) in [5, 5.41) is 3.74. The van der Waals surface area contributed by atoms with Crippen molar-refractivity contribution in [3.63, 3.8) is 0 Å². The van der Waals surface area contributed by atoms with Gasteiger partial charge in [0.25, 0.3) is 0 Å². The monoisotopic (exact) mass is 287 g/mol. The standard InChI is InChI=1S/C19H29NO/c1-17(2,3)20-14-19(12-18(13-19)10-7-11-18)15-8-5-6-9-16(15)21-4/h5-6,8-9,20H,7,10-14H2,1-4H3. The molecule has 2 saturated carbocycles. The van der Waals surface area contributed by atoms with Crippen LogP contribution in [0.15, 0.2) is 24.3 Å². The molecule has 0 atom stereocenters. The average molecular weight is 287 g/mol. The molecule has 116 valence electrons. The Morgan fingerprint density at radius 1 is 1.14 bits per heavy atom. The Balaban J connectivity index is 1.86. The topological polar surface area (TPSA) is 21.3 Å². The van der Waals surface area contributed by atoms with Crippen LogP contribution in [0.2, 0.25) is 0 Å². The van der Waals surface area contributed by atoms with Gasteiger partial charge in [-0.1, -0.05) is 24.6 Å². The molecule has 2 nitrogen and oxygen atoms in total. The lowest BCUT2D eigenvalue weighted by Crippen LogP contribution is -2.59. The predicted molar refractivity (Wildman–Crippen MR) is 87.9 cm³/mol. The molecule has 0 saturated heterocycles. The zero-order valence-electron chi connectivity index (χ0n) is 14.0. The van der Waals surface area contributed by atoms with Crippen LogP contribution in [0.4, 0.5) is 0 Å². The maximum absolute atomic E-state index is 5.65. The third-order valence-electron chi connectivity index (χ3n) is 5.48. The number of methoxy groups -OCH3 is 1. The highest BCUT2D eigenvalue weighted by Gasteiger charge is 2.58. The Morgan fingerprint density at radius 3 is 2.33 bits per heavy atom. The summed E-state index contributed by atoms with van der Waals surface area (Å²) in [4.78, 5) is 0. The Morgan fingerprint density at radius 2 is 1.81 bits per heavy atom. The van der Waals surface area contributed by atoms with Crippen LogP contribution in [0.5, 0.6) is 5.75 Å². The molecule has 0 bridgehead atoms. The molecule has 1 aromatic rings. The van der Waals surface area contributed by atoms with Crippen LogP contribution in [0.25, 0.3) is 0 Å². The van der Waals surface area contributed by atoms with Crippen LogP contribution >= 0.6 is 0 Å². The maximum Gasteiger partial charge on any atom is 0.122 e. The molecule has 0 unspecified atom stereocenters. The second-order valence-corrected chi connectivity index (χ2v) is 8.29. The summed E-state index contributed by atoms with van der Waals surface area (Å²) < 4.78 is 5.65. The Labute approximate surface area is 129 Å². The van der Waals surface area contributed by atoms with Crippen LogP contribution < -0.4 is 10.1 Å². The molecule has 1 spiro atoms. The molecule has 0 radical (unpaired) electrons. The highest BCUT2D eigenvalue weighted by atomic mass is 16.5. The first-order valence-electron chi connectivity index (χ1n) is 8.27. The van der Waals surface area contributed by atoms with Gasteiger partial charge in [0.05, 0.1) is 7.11 Å². The summed E-state index contributed by atoms with van der Waals surface area (Å²) in [5.41, 5.74) is 2.49. The van der Waals surface area contributed by atoms with Crippen LogP contribution in [0, 0.1) is 5.41 Å². The number of rotatable bonds is 4. The molecule has 2 heteroatoms. The van der Waals surface area contributed by atoms with E-state index in [0.29, 0.717) is 5.41 Å². The number of hydrogen-bond donors (Lipinski definition) is 1. The van der Waals surface area contributed by atoms with Crippen LogP contribution in [0.3, 0.4) is 0 Å². The quantitative estimate of drug-likeness (QED) is 0.892. The fraction of sp³-hybridized carbons (Fsp3) is 0.684. The van der Waals surface area contributed by atoms with Crippen molar-refractivity contribution < 1.29 is 4.74 Å². The minimum Gasteiger partial charge on any atom is -0.496 e. The van der Waals surface area contributed by atoms with Crippen molar-refractivity contribution in [2.75, 3.05) is 13.7 Å². The highest BCUT2D eigenvalue weighted by molar-refractivity contribution is 5.43. The third-order valence-corrected chi connectivity index (χ3v) is 5.48. The smallest absolute Gasteiger partial charge is 0.122 e. The maximum atomic E-state index is 5.65. The predicted octanol–water partition coefficient (Wildman–Crippen LogP) is 4.29. The van der Waals surface area contributed by atoms with E-state index in [1.165, 1.54) is 37.7 Å². The van der Waals surface area contributed by atoms with Gasteiger partial charge in [-0.05, 0) is 57.9 Å². The summed E-state index contributed by atoms with van der Waals surface area (Å²) in [6.07, 6.45) is 6.93. The van der Waals surface area contributed by atoms with Gasteiger partial charge in [0.15, 0.2) is 0 Å². The molecule has 0 heterocycles. The van der Waals surface area contributed by atoms with E-state index >= 15 is 0 Å². The lowest BCUT2D eigenvalue weighted by molar-refractivity contribution is -0.0511. The zero-order chi connectivity index (χ0) is 15.1. The lowest BCUT2D eigenvalue weighted by atomic mass is 9.43. The molecule has 0 aliphatic heterocycles. The van der Waals surface area contributed by atoms with E-state index in [1.54, 1.807) is 7.11 Å². The summed E-state index contributed by atoms with van der Waals surface area (Å²) in [7, 11) is 1.79. The van der Waals surface area contributed by atoms with Gasteiger partial charge in [0.1, 0.15) is 5.75 Å². The van der Waals surface area contributed by atoms with Crippen molar-refractivity contribution >= 4 is 0 Å². The molecule has 0 amide bonds. The summed E-state index contributed by atoms with van der Waals surface area (Å²) >= 11 is 0. The fourth-order valence-corrected chi connectivity index (χ4v) is 4.34. The molecule has 1 aromatic carbocycles. The molecular weight excluding hydrogens is 258 g/mol. The minimum atomic E-state index is 0.164. The van der Waals surface area contributed by atoms with E-state index in [1.807, 2.05) is 0 Å². The van der Waals surface area contributed by atoms with Crippen molar-refractivity contribution in [2.24, 2.45) is 5.41 Å². The fourth-order valence-electron chi connectivity index (χ4n) is 4.34. The minimum absolute atomic E-state index is 0.164. The molecule has 21 heavy (non-hydrogen) atoms. The molecule has 2 aliphatic carbocycles. The average Bonchev–Trinajstić information content (AvgIpc) is 2.35. The second-order valence-electron chi connectivity index (χ2n) is 8.29. The van der Waals surface area contributed by atoms with Gasteiger partial charge < -0.3 is 10.1 Å².